The van der Waals surface area contributed by atoms with E-state index in [1.165, 1.54) is 16.3 Å². The number of nitrogens with zero attached hydrogens (tertiary/aromatic N) is 1. The zero-order chi connectivity index (χ0) is 31.7. The number of benzene rings is 7. The number of rotatable bonds is 4. The van der Waals surface area contributed by atoms with E-state index in [0.717, 1.165) is 72.1 Å². The normalized spacial score (nSPS) is 12.1. The Morgan fingerprint density at radius 2 is 1.19 bits per heavy atom. The zero-order valence-corrected chi connectivity index (χ0v) is 26.6. The zero-order valence-electron chi connectivity index (χ0n) is 26.6. The van der Waals surface area contributed by atoms with Gasteiger partial charge in [0.1, 0.15) is 16.7 Å². The first-order chi connectivity index (χ1) is 23.0. The minimum atomic E-state index is -0.0658. The standard InChI is InChI=1S/C44H33NO2/c1-44(2,3)36-20-11-18-33-34-19-12-22-38(43(34)47-42(33)36)45(37-21-10-9-16-31(37)28-13-5-4-6-14-28)30-24-25-35-40(27-30)46-39-26-23-29-15-7-8-17-32(29)41(35)39/h4-27H,1-3H3. The number of furan rings is 2. The molecule has 0 radical (unpaired) electrons. The lowest BCUT2D eigenvalue weighted by Crippen LogP contribution is -2.11. The van der Waals surface area contributed by atoms with Gasteiger partial charge in [-0.15, -0.1) is 0 Å². The minimum Gasteiger partial charge on any atom is -0.456 e. The van der Waals surface area contributed by atoms with Gasteiger partial charge < -0.3 is 13.7 Å². The lowest BCUT2D eigenvalue weighted by Gasteiger charge is -2.28. The SMILES string of the molecule is CC(C)(C)c1cccc2c1oc1c(N(c3ccc4c(c3)oc3ccc5ccccc5c34)c3ccccc3-c3ccccc3)cccc12. The summed E-state index contributed by atoms with van der Waals surface area (Å²) in [6, 6.07) is 51.5. The van der Waals surface area contributed by atoms with Gasteiger partial charge in [-0.05, 0) is 52.1 Å². The molecule has 0 N–H and O–H groups in total. The second kappa shape index (κ2) is 10.4. The van der Waals surface area contributed by atoms with Gasteiger partial charge in [-0.2, -0.15) is 0 Å². The summed E-state index contributed by atoms with van der Waals surface area (Å²) >= 11 is 0. The largest absolute Gasteiger partial charge is 0.456 e. The van der Waals surface area contributed by atoms with Crippen molar-refractivity contribution in [3.63, 3.8) is 0 Å². The molecule has 3 heteroatoms. The van der Waals surface area contributed by atoms with Crippen LogP contribution in [0, 0.1) is 0 Å². The molecular weight excluding hydrogens is 574 g/mol. The summed E-state index contributed by atoms with van der Waals surface area (Å²) in [5.74, 6) is 0. The Morgan fingerprint density at radius 3 is 2.04 bits per heavy atom. The molecule has 47 heavy (non-hydrogen) atoms. The molecule has 9 aromatic rings. The van der Waals surface area contributed by atoms with E-state index in [0.29, 0.717) is 0 Å². The van der Waals surface area contributed by atoms with E-state index in [4.69, 9.17) is 8.83 Å². The maximum absolute atomic E-state index is 6.93. The highest BCUT2D eigenvalue weighted by Gasteiger charge is 2.25. The van der Waals surface area contributed by atoms with Crippen LogP contribution in [-0.2, 0) is 5.41 Å². The molecule has 0 amide bonds. The number of hydrogen-bond acceptors (Lipinski definition) is 3. The van der Waals surface area contributed by atoms with Crippen LogP contribution in [-0.4, -0.2) is 0 Å². The fourth-order valence-corrected chi connectivity index (χ4v) is 7.18. The van der Waals surface area contributed by atoms with Crippen molar-refractivity contribution in [2.24, 2.45) is 0 Å². The second-order valence-corrected chi connectivity index (χ2v) is 13.3. The summed E-state index contributed by atoms with van der Waals surface area (Å²) in [4.78, 5) is 2.33. The molecule has 2 heterocycles. The predicted octanol–water partition coefficient (Wildman–Crippen LogP) is 13.1. The third-order valence-electron chi connectivity index (χ3n) is 9.39. The van der Waals surface area contributed by atoms with Gasteiger partial charge in [-0.1, -0.05) is 130 Å². The van der Waals surface area contributed by atoms with E-state index in [9.17, 15) is 0 Å². The Hall–Kier alpha value is -5.80. The molecule has 0 aliphatic rings. The molecule has 0 unspecified atom stereocenters. The third-order valence-corrected chi connectivity index (χ3v) is 9.39. The quantitative estimate of drug-likeness (QED) is 0.199. The van der Waals surface area contributed by atoms with Crippen LogP contribution in [0.3, 0.4) is 0 Å². The Labute approximate surface area is 273 Å². The highest BCUT2D eigenvalue weighted by molar-refractivity contribution is 6.19. The molecule has 0 atom stereocenters. The van der Waals surface area contributed by atoms with Gasteiger partial charge in [0.25, 0.3) is 0 Å². The van der Waals surface area contributed by atoms with Crippen molar-refractivity contribution < 1.29 is 8.83 Å². The molecule has 0 saturated carbocycles. The highest BCUT2D eigenvalue weighted by atomic mass is 16.3. The van der Waals surface area contributed by atoms with Crippen molar-refractivity contribution in [3.05, 3.63) is 151 Å². The molecule has 0 aliphatic heterocycles. The van der Waals surface area contributed by atoms with Crippen molar-refractivity contribution >= 4 is 71.7 Å². The van der Waals surface area contributed by atoms with E-state index in [2.05, 4.69) is 171 Å². The molecule has 0 bridgehead atoms. The maximum Gasteiger partial charge on any atom is 0.159 e. The summed E-state index contributed by atoms with van der Waals surface area (Å²) < 4.78 is 13.5. The molecule has 0 aliphatic carbocycles. The number of para-hydroxylation sites is 3. The molecule has 0 saturated heterocycles. The Morgan fingerprint density at radius 1 is 0.489 bits per heavy atom. The summed E-state index contributed by atoms with van der Waals surface area (Å²) in [5, 5.41) is 6.89. The van der Waals surface area contributed by atoms with Crippen molar-refractivity contribution in [1.82, 2.24) is 0 Å². The van der Waals surface area contributed by atoms with Gasteiger partial charge in [0.05, 0.1) is 17.1 Å². The lowest BCUT2D eigenvalue weighted by molar-refractivity contribution is 0.573. The molecule has 226 valence electrons. The van der Waals surface area contributed by atoms with E-state index in [1.807, 2.05) is 0 Å². The van der Waals surface area contributed by atoms with Crippen molar-refractivity contribution in [3.8, 4) is 11.1 Å². The fraction of sp³-hybridized carbons (Fsp3) is 0.0909. The summed E-state index contributed by atoms with van der Waals surface area (Å²) in [7, 11) is 0. The Balaban J connectivity index is 1.34. The summed E-state index contributed by atoms with van der Waals surface area (Å²) in [5.41, 5.74) is 9.98. The van der Waals surface area contributed by atoms with Crippen LogP contribution in [0.5, 0.6) is 0 Å². The van der Waals surface area contributed by atoms with Crippen molar-refractivity contribution in [1.29, 1.82) is 0 Å². The summed E-state index contributed by atoms with van der Waals surface area (Å²) in [6.45, 7) is 6.72. The van der Waals surface area contributed by atoms with Crippen LogP contribution in [0.15, 0.2) is 154 Å². The van der Waals surface area contributed by atoms with Crippen molar-refractivity contribution in [2.75, 3.05) is 4.90 Å². The average molecular weight is 608 g/mol. The smallest absolute Gasteiger partial charge is 0.159 e. The monoisotopic (exact) mass is 607 g/mol. The second-order valence-electron chi connectivity index (χ2n) is 13.3. The molecule has 9 rings (SSSR count). The topological polar surface area (TPSA) is 29.5 Å². The third kappa shape index (κ3) is 4.34. The molecule has 3 nitrogen and oxygen atoms in total. The van der Waals surface area contributed by atoms with Crippen LogP contribution in [0.25, 0.3) is 65.8 Å². The van der Waals surface area contributed by atoms with Gasteiger partial charge in [0.2, 0.25) is 0 Å². The van der Waals surface area contributed by atoms with Gasteiger partial charge in [0.15, 0.2) is 5.58 Å². The van der Waals surface area contributed by atoms with Crippen LogP contribution in [0.4, 0.5) is 17.1 Å². The predicted molar refractivity (Wildman–Crippen MR) is 197 cm³/mol. The molecule has 7 aromatic carbocycles. The number of anilines is 3. The molecular formula is C44H33NO2. The van der Waals surface area contributed by atoms with Crippen molar-refractivity contribution in [2.45, 2.75) is 26.2 Å². The number of fused-ring (bicyclic) bond motifs is 8. The average Bonchev–Trinajstić information content (AvgIpc) is 3.67. The highest BCUT2D eigenvalue weighted by Crippen LogP contribution is 2.47. The first-order valence-electron chi connectivity index (χ1n) is 16.2. The van der Waals surface area contributed by atoms with Gasteiger partial charge in [-0.3, -0.25) is 0 Å². The van der Waals surface area contributed by atoms with E-state index in [-0.39, 0.29) is 5.41 Å². The maximum atomic E-state index is 6.93. The number of hydrogen-bond donors (Lipinski definition) is 0. The molecule has 2 aromatic heterocycles. The van der Waals surface area contributed by atoms with Gasteiger partial charge in [-0.25, -0.2) is 0 Å². The van der Waals surface area contributed by atoms with Crippen LogP contribution < -0.4 is 4.90 Å². The lowest BCUT2D eigenvalue weighted by atomic mass is 9.86. The molecule has 0 spiro atoms. The summed E-state index contributed by atoms with van der Waals surface area (Å²) in [6.07, 6.45) is 0. The van der Waals surface area contributed by atoms with Crippen LogP contribution >= 0.6 is 0 Å². The Kier molecular flexibility index (Phi) is 6.07. The van der Waals surface area contributed by atoms with E-state index < -0.39 is 0 Å². The minimum absolute atomic E-state index is 0.0658. The van der Waals surface area contributed by atoms with E-state index in [1.54, 1.807) is 0 Å². The Bertz CT molecular complexity index is 2620. The first kappa shape index (κ1) is 27.5. The van der Waals surface area contributed by atoms with Crippen LogP contribution in [0.2, 0.25) is 0 Å². The first-order valence-corrected chi connectivity index (χ1v) is 16.2. The van der Waals surface area contributed by atoms with Crippen LogP contribution in [0.1, 0.15) is 26.3 Å². The van der Waals surface area contributed by atoms with E-state index >= 15 is 0 Å². The van der Waals surface area contributed by atoms with Gasteiger partial charge >= 0.3 is 0 Å². The van der Waals surface area contributed by atoms with Gasteiger partial charge in [0, 0.05) is 38.7 Å². The molecule has 0 fully saturated rings. The fourth-order valence-electron chi connectivity index (χ4n) is 7.18.